The lowest BCUT2D eigenvalue weighted by molar-refractivity contribution is 1.19. The maximum atomic E-state index is 11.2. The van der Waals surface area contributed by atoms with Crippen LogP contribution in [0.2, 0.25) is 0 Å². The van der Waals surface area contributed by atoms with Crippen LogP contribution in [0.3, 0.4) is 0 Å². The number of aromatic amines is 2. The second kappa shape index (κ2) is 4.86. The molecule has 1 aromatic carbocycles. The Hall–Kier alpha value is -1.53. The van der Waals surface area contributed by atoms with E-state index in [1.807, 2.05) is 12.1 Å². The van der Waals surface area contributed by atoms with Gasteiger partial charge in [0.05, 0.1) is 16.7 Å². The third kappa shape index (κ3) is 2.59. The molecule has 0 radical (unpaired) electrons. The van der Waals surface area contributed by atoms with Crippen LogP contribution >= 0.6 is 27.3 Å². The van der Waals surface area contributed by atoms with Crippen LogP contribution in [-0.2, 0) is 6.54 Å². The molecule has 0 fully saturated rings. The Balaban J connectivity index is 1.87. The number of rotatable bonds is 3. The molecule has 98 valence electrons. The Labute approximate surface area is 122 Å². The summed E-state index contributed by atoms with van der Waals surface area (Å²) in [5.41, 5.74) is 2.38. The molecular weight excluding hydrogens is 326 g/mol. The van der Waals surface area contributed by atoms with Crippen molar-refractivity contribution in [2.24, 2.45) is 0 Å². The molecule has 2 heterocycles. The van der Waals surface area contributed by atoms with Crippen molar-refractivity contribution in [3.05, 3.63) is 49.0 Å². The van der Waals surface area contributed by atoms with E-state index in [0.717, 1.165) is 27.7 Å². The van der Waals surface area contributed by atoms with Crippen molar-refractivity contribution < 1.29 is 0 Å². The maximum absolute atomic E-state index is 11.2. The maximum Gasteiger partial charge on any atom is 0.323 e. The van der Waals surface area contributed by atoms with Gasteiger partial charge in [-0.3, -0.25) is 0 Å². The highest BCUT2D eigenvalue weighted by molar-refractivity contribution is 9.10. The lowest BCUT2D eigenvalue weighted by Gasteiger charge is -2.07. The summed E-state index contributed by atoms with van der Waals surface area (Å²) in [6.45, 7) is 2.87. The highest BCUT2D eigenvalue weighted by Gasteiger charge is 2.05. The average molecular weight is 338 g/mol. The third-order valence-corrected chi connectivity index (χ3v) is 4.51. The molecule has 0 spiro atoms. The van der Waals surface area contributed by atoms with E-state index < -0.39 is 0 Å². The smallest absolute Gasteiger partial charge is 0.323 e. The summed E-state index contributed by atoms with van der Waals surface area (Å²) in [7, 11) is 0. The fraction of sp³-hybridized carbons (Fsp3) is 0.154. The first kappa shape index (κ1) is 12.5. The highest BCUT2D eigenvalue weighted by Crippen LogP contribution is 2.27. The zero-order chi connectivity index (χ0) is 13.4. The van der Waals surface area contributed by atoms with Crippen LogP contribution < -0.4 is 11.0 Å². The summed E-state index contributed by atoms with van der Waals surface area (Å²) in [5.74, 6) is 0. The van der Waals surface area contributed by atoms with E-state index in [1.54, 1.807) is 11.3 Å². The largest absolute Gasteiger partial charge is 0.379 e. The minimum atomic E-state index is -0.187. The molecule has 0 atom stereocenters. The molecule has 19 heavy (non-hydrogen) atoms. The first-order chi connectivity index (χ1) is 9.11. The third-order valence-electron chi connectivity index (χ3n) is 2.85. The monoisotopic (exact) mass is 337 g/mol. The topological polar surface area (TPSA) is 60.7 Å². The van der Waals surface area contributed by atoms with Crippen LogP contribution in [-0.4, -0.2) is 9.97 Å². The van der Waals surface area contributed by atoms with Gasteiger partial charge in [-0.2, -0.15) is 0 Å². The first-order valence-corrected chi connectivity index (χ1v) is 7.43. The molecular formula is C13H12BrN3OS. The second-order valence-electron chi connectivity index (χ2n) is 4.32. The first-order valence-electron chi connectivity index (χ1n) is 5.82. The van der Waals surface area contributed by atoms with Crippen molar-refractivity contribution in [2.75, 3.05) is 5.32 Å². The summed E-state index contributed by atoms with van der Waals surface area (Å²) in [6, 6.07) is 8.06. The fourth-order valence-electron chi connectivity index (χ4n) is 1.95. The minimum Gasteiger partial charge on any atom is -0.379 e. The van der Waals surface area contributed by atoms with Crippen LogP contribution in [0.15, 0.2) is 33.5 Å². The molecule has 0 aliphatic rings. The predicted octanol–water partition coefficient (Wildman–Crippen LogP) is 3.60. The van der Waals surface area contributed by atoms with E-state index in [2.05, 4.69) is 50.3 Å². The molecule has 0 bridgehead atoms. The number of benzene rings is 1. The van der Waals surface area contributed by atoms with E-state index in [0.29, 0.717) is 0 Å². The molecule has 0 amide bonds. The van der Waals surface area contributed by atoms with Crippen LogP contribution in [0.5, 0.6) is 0 Å². The molecule has 3 N–H and O–H groups in total. The highest BCUT2D eigenvalue weighted by atomic mass is 79.9. The van der Waals surface area contributed by atoms with Crippen LogP contribution in [0, 0.1) is 6.92 Å². The normalized spacial score (nSPS) is 11.1. The van der Waals surface area contributed by atoms with Crippen molar-refractivity contribution >= 4 is 44.0 Å². The number of hydrogen-bond donors (Lipinski definition) is 3. The summed E-state index contributed by atoms with van der Waals surface area (Å²) in [4.78, 5) is 19.3. The van der Waals surface area contributed by atoms with Gasteiger partial charge in [-0.25, -0.2) is 4.79 Å². The number of H-pyrrole nitrogens is 2. The fourth-order valence-corrected chi connectivity index (χ4v) is 3.27. The van der Waals surface area contributed by atoms with E-state index in [-0.39, 0.29) is 5.69 Å². The van der Waals surface area contributed by atoms with Crippen molar-refractivity contribution in [3.8, 4) is 0 Å². The molecule has 0 aliphatic heterocycles. The Morgan fingerprint density at radius 1 is 1.26 bits per heavy atom. The number of halogens is 1. The molecule has 0 aliphatic carbocycles. The quantitative estimate of drug-likeness (QED) is 0.683. The number of aromatic nitrogens is 2. The predicted molar refractivity (Wildman–Crippen MR) is 83.0 cm³/mol. The standard InChI is InChI=1S/C13H12BrN3OS/c1-7-2-3-8(19-7)6-15-10-5-12-11(4-9(10)14)16-13(18)17-12/h2-5,15H,6H2,1H3,(H2,16,17,18). The molecule has 4 nitrogen and oxygen atoms in total. The zero-order valence-electron chi connectivity index (χ0n) is 10.2. The number of hydrogen-bond acceptors (Lipinski definition) is 3. The molecule has 2 aromatic heterocycles. The van der Waals surface area contributed by atoms with Gasteiger partial charge in [-0.1, -0.05) is 0 Å². The van der Waals surface area contributed by atoms with Crippen LogP contribution in [0.4, 0.5) is 5.69 Å². The van der Waals surface area contributed by atoms with Gasteiger partial charge in [-0.05, 0) is 47.1 Å². The Morgan fingerprint density at radius 2 is 2.00 bits per heavy atom. The van der Waals surface area contributed by atoms with Gasteiger partial charge in [0.25, 0.3) is 0 Å². The number of nitrogens with one attached hydrogen (secondary N) is 3. The molecule has 3 aromatic rings. The number of anilines is 1. The summed E-state index contributed by atoms with van der Waals surface area (Å²) in [5, 5.41) is 3.37. The number of imidazole rings is 1. The van der Waals surface area contributed by atoms with E-state index in [9.17, 15) is 4.79 Å². The number of thiophene rings is 1. The molecule has 3 rings (SSSR count). The molecule has 6 heteroatoms. The van der Waals surface area contributed by atoms with E-state index >= 15 is 0 Å². The van der Waals surface area contributed by atoms with Crippen LogP contribution in [0.1, 0.15) is 9.75 Å². The SMILES string of the molecule is Cc1ccc(CNc2cc3[nH]c(=O)[nH]c3cc2Br)s1. The van der Waals surface area contributed by atoms with Crippen molar-refractivity contribution in [1.82, 2.24) is 9.97 Å². The van der Waals surface area contributed by atoms with Gasteiger partial charge < -0.3 is 15.3 Å². The van der Waals surface area contributed by atoms with Crippen molar-refractivity contribution in [1.29, 1.82) is 0 Å². The van der Waals surface area contributed by atoms with Gasteiger partial charge in [0.15, 0.2) is 0 Å². The van der Waals surface area contributed by atoms with Gasteiger partial charge >= 0.3 is 5.69 Å². The summed E-state index contributed by atoms with van der Waals surface area (Å²) in [6.07, 6.45) is 0. The lowest BCUT2D eigenvalue weighted by atomic mass is 10.2. The molecule has 0 saturated heterocycles. The number of fused-ring (bicyclic) bond motifs is 1. The summed E-state index contributed by atoms with van der Waals surface area (Å²) >= 11 is 5.29. The van der Waals surface area contributed by atoms with Gasteiger partial charge in [0.1, 0.15) is 0 Å². The Bertz CT molecular complexity index is 787. The second-order valence-corrected chi connectivity index (χ2v) is 6.55. The van der Waals surface area contributed by atoms with E-state index in [1.165, 1.54) is 9.75 Å². The Kier molecular flexibility index (Phi) is 3.20. The number of aryl methyl sites for hydroxylation is 1. The zero-order valence-corrected chi connectivity index (χ0v) is 12.6. The van der Waals surface area contributed by atoms with E-state index in [4.69, 9.17) is 0 Å². The van der Waals surface area contributed by atoms with Gasteiger partial charge in [0, 0.05) is 20.8 Å². The molecule has 0 unspecified atom stereocenters. The average Bonchev–Trinajstić information content (AvgIpc) is 2.91. The summed E-state index contributed by atoms with van der Waals surface area (Å²) < 4.78 is 0.934. The van der Waals surface area contributed by atoms with Gasteiger partial charge in [-0.15, -0.1) is 11.3 Å². The van der Waals surface area contributed by atoms with Gasteiger partial charge in [0.2, 0.25) is 0 Å². The van der Waals surface area contributed by atoms with Crippen molar-refractivity contribution in [2.45, 2.75) is 13.5 Å². The van der Waals surface area contributed by atoms with Crippen molar-refractivity contribution in [3.63, 3.8) is 0 Å². The Morgan fingerprint density at radius 3 is 2.68 bits per heavy atom. The lowest BCUT2D eigenvalue weighted by Crippen LogP contribution is -1.99. The van der Waals surface area contributed by atoms with Crippen LogP contribution in [0.25, 0.3) is 11.0 Å². The minimum absolute atomic E-state index is 0.187. The molecule has 0 saturated carbocycles.